The fraction of sp³-hybridized carbons (Fsp3) is 0.500. The summed E-state index contributed by atoms with van der Waals surface area (Å²) in [5, 5.41) is 14.9. The Hall–Kier alpha value is -1.67. The van der Waals surface area contributed by atoms with Gasteiger partial charge >= 0.3 is 0 Å². The number of nitrogens with two attached hydrogens (primary N) is 1. The average Bonchev–Trinajstić information content (AvgIpc) is 2.78. The lowest BCUT2D eigenvalue weighted by Crippen LogP contribution is -2.25. The molecule has 1 fully saturated rings. The predicted octanol–water partition coefficient (Wildman–Crippen LogP) is -0.300. The zero-order valence-corrected chi connectivity index (χ0v) is 11.8. The second-order valence-corrected chi connectivity index (χ2v) is 7.13. The molecule has 0 spiro atoms. The number of amidine groups is 1. The third kappa shape index (κ3) is 3.67. The number of oxime groups is 1. The maximum absolute atomic E-state index is 11.4. The summed E-state index contributed by atoms with van der Waals surface area (Å²) < 4.78 is 22.7. The third-order valence-corrected chi connectivity index (χ3v) is 5.15. The zero-order valence-electron chi connectivity index (χ0n) is 11.0. The fourth-order valence-electron chi connectivity index (χ4n) is 2.30. The van der Waals surface area contributed by atoms with Gasteiger partial charge in [0.25, 0.3) is 0 Å². The summed E-state index contributed by atoms with van der Waals surface area (Å²) in [5.74, 6) is 0.650. The van der Waals surface area contributed by atoms with E-state index in [1.54, 1.807) is 12.3 Å². The van der Waals surface area contributed by atoms with Crippen molar-refractivity contribution >= 4 is 15.7 Å². The van der Waals surface area contributed by atoms with Crippen molar-refractivity contribution in [3.8, 4) is 0 Å². The number of pyridine rings is 1. The minimum absolute atomic E-state index is 0.0363. The van der Waals surface area contributed by atoms with Crippen LogP contribution in [0.15, 0.2) is 23.5 Å². The van der Waals surface area contributed by atoms with Gasteiger partial charge in [-0.1, -0.05) is 11.2 Å². The van der Waals surface area contributed by atoms with Crippen LogP contribution in [0, 0.1) is 5.92 Å². The van der Waals surface area contributed by atoms with Gasteiger partial charge < -0.3 is 16.3 Å². The topological polar surface area (TPSA) is 118 Å². The molecule has 0 aliphatic carbocycles. The van der Waals surface area contributed by atoms with Crippen LogP contribution in [0.1, 0.15) is 17.7 Å². The summed E-state index contributed by atoms with van der Waals surface area (Å²) in [6.07, 6.45) is 2.27. The molecule has 0 bridgehead atoms. The maximum Gasteiger partial charge on any atom is 0.189 e. The average molecular weight is 298 g/mol. The normalized spacial score (nSPS) is 22.0. The Bertz CT molecular complexity index is 600. The van der Waals surface area contributed by atoms with Gasteiger partial charge in [0.2, 0.25) is 0 Å². The number of nitrogens with zero attached hydrogens (tertiary/aromatic N) is 2. The van der Waals surface area contributed by atoms with Crippen LogP contribution in [-0.2, 0) is 16.4 Å². The molecular formula is C12H18N4O3S. The van der Waals surface area contributed by atoms with Crippen molar-refractivity contribution in [1.82, 2.24) is 10.3 Å². The molecule has 0 amide bonds. The SMILES string of the molecule is NC(=NO)c1ncccc1CNCC1CCS(=O)(=O)C1. The van der Waals surface area contributed by atoms with Crippen molar-refractivity contribution in [3.05, 3.63) is 29.6 Å². The summed E-state index contributed by atoms with van der Waals surface area (Å²) in [4.78, 5) is 4.07. The molecule has 1 saturated heterocycles. The van der Waals surface area contributed by atoms with Crippen LogP contribution in [0.3, 0.4) is 0 Å². The molecular weight excluding hydrogens is 280 g/mol. The van der Waals surface area contributed by atoms with E-state index < -0.39 is 9.84 Å². The minimum Gasteiger partial charge on any atom is -0.409 e. The number of nitrogens with one attached hydrogen (secondary N) is 1. The molecule has 7 nitrogen and oxygen atoms in total. The summed E-state index contributed by atoms with van der Waals surface area (Å²) in [7, 11) is -2.84. The van der Waals surface area contributed by atoms with Crippen LogP contribution < -0.4 is 11.1 Å². The largest absolute Gasteiger partial charge is 0.409 e. The lowest BCUT2D eigenvalue weighted by molar-refractivity contribution is 0.318. The van der Waals surface area contributed by atoms with Crippen LogP contribution in [0.4, 0.5) is 0 Å². The van der Waals surface area contributed by atoms with Crippen LogP contribution >= 0.6 is 0 Å². The Morgan fingerprint density at radius 1 is 1.60 bits per heavy atom. The first-order valence-corrected chi connectivity index (χ1v) is 8.17. The number of sulfone groups is 1. The van der Waals surface area contributed by atoms with E-state index in [0.29, 0.717) is 25.2 Å². The van der Waals surface area contributed by atoms with E-state index in [0.717, 1.165) is 5.56 Å². The van der Waals surface area contributed by atoms with Crippen molar-refractivity contribution in [2.45, 2.75) is 13.0 Å². The first kappa shape index (κ1) is 14.7. The van der Waals surface area contributed by atoms with Gasteiger partial charge in [0.05, 0.1) is 11.5 Å². The summed E-state index contributed by atoms with van der Waals surface area (Å²) in [5.41, 5.74) is 6.80. The molecule has 1 atom stereocenters. The molecule has 0 saturated carbocycles. The Balaban J connectivity index is 1.92. The number of rotatable bonds is 5. The number of aromatic nitrogens is 1. The molecule has 0 aromatic carbocycles. The Morgan fingerprint density at radius 2 is 2.40 bits per heavy atom. The zero-order chi connectivity index (χ0) is 14.6. The van der Waals surface area contributed by atoms with Crippen LogP contribution in [0.2, 0.25) is 0 Å². The first-order valence-electron chi connectivity index (χ1n) is 6.35. The van der Waals surface area contributed by atoms with E-state index in [9.17, 15) is 8.42 Å². The minimum atomic E-state index is -2.84. The molecule has 2 heterocycles. The smallest absolute Gasteiger partial charge is 0.189 e. The van der Waals surface area contributed by atoms with E-state index in [1.165, 1.54) is 0 Å². The second-order valence-electron chi connectivity index (χ2n) is 4.90. The molecule has 0 radical (unpaired) electrons. The van der Waals surface area contributed by atoms with Crippen LogP contribution in [-0.4, -0.2) is 42.5 Å². The van der Waals surface area contributed by atoms with E-state index >= 15 is 0 Å². The Kier molecular flexibility index (Phi) is 4.56. The standard InChI is InChI=1S/C12H18N4O3S/c13-12(16-17)11-10(2-1-4-15-11)7-14-6-9-3-5-20(18,19)8-9/h1-2,4,9,14,17H,3,5-8H2,(H2,13,16). The molecule has 2 rings (SSSR count). The lowest BCUT2D eigenvalue weighted by Gasteiger charge is -2.11. The Morgan fingerprint density at radius 3 is 3.05 bits per heavy atom. The molecule has 1 aromatic rings. The van der Waals surface area contributed by atoms with Crippen molar-refractivity contribution < 1.29 is 13.6 Å². The van der Waals surface area contributed by atoms with Gasteiger partial charge in [-0.15, -0.1) is 0 Å². The van der Waals surface area contributed by atoms with Gasteiger partial charge in [-0.05, 0) is 30.5 Å². The molecule has 4 N–H and O–H groups in total. The molecule has 20 heavy (non-hydrogen) atoms. The summed E-state index contributed by atoms with van der Waals surface area (Å²) >= 11 is 0. The van der Waals surface area contributed by atoms with Crippen molar-refractivity contribution in [3.63, 3.8) is 0 Å². The maximum atomic E-state index is 11.4. The van der Waals surface area contributed by atoms with Crippen LogP contribution in [0.5, 0.6) is 0 Å². The van der Waals surface area contributed by atoms with Gasteiger partial charge in [0, 0.05) is 12.7 Å². The van der Waals surface area contributed by atoms with E-state index in [2.05, 4.69) is 15.5 Å². The quantitative estimate of drug-likeness (QED) is 0.297. The van der Waals surface area contributed by atoms with Crippen molar-refractivity contribution in [2.24, 2.45) is 16.8 Å². The Labute approximate surface area is 117 Å². The third-order valence-electron chi connectivity index (χ3n) is 3.32. The summed E-state index contributed by atoms with van der Waals surface area (Å²) in [6.45, 7) is 1.12. The highest BCUT2D eigenvalue weighted by atomic mass is 32.2. The van der Waals surface area contributed by atoms with Crippen molar-refractivity contribution in [2.75, 3.05) is 18.1 Å². The number of hydrogen-bond acceptors (Lipinski definition) is 6. The van der Waals surface area contributed by atoms with Crippen LogP contribution in [0.25, 0.3) is 0 Å². The van der Waals surface area contributed by atoms with E-state index in [1.807, 2.05) is 6.07 Å². The van der Waals surface area contributed by atoms with Gasteiger partial charge in [0.1, 0.15) is 5.69 Å². The predicted molar refractivity (Wildman–Crippen MR) is 75.2 cm³/mol. The lowest BCUT2D eigenvalue weighted by atomic mass is 10.1. The second kappa shape index (κ2) is 6.19. The fourth-order valence-corrected chi connectivity index (χ4v) is 4.17. The molecule has 8 heteroatoms. The molecule has 1 unspecified atom stereocenters. The highest BCUT2D eigenvalue weighted by molar-refractivity contribution is 7.91. The van der Waals surface area contributed by atoms with Gasteiger partial charge in [-0.3, -0.25) is 4.98 Å². The van der Waals surface area contributed by atoms with Gasteiger partial charge in [-0.25, -0.2) is 8.42 Å². The highest BCUT2D eigenvalue weighted by Crippen LogP contribution is 2.17. The highest BCUT2D eigenvalue weighted by Gasteiger charge is 2.27. The monoisotopic (exact) mass is 298 g/mol. The first-order chi connectivity index (χ1) is 9.52. The van der Waals surface area contributed by atoms with Gasteiger partial charge in [0.15, 0.2) is 15.7 Å². The summed E-state index contributed by atoms with van der Waals surface area (Å²) in [6, 6.07) is 3.60. The van der Waals surface area contributed by atoms with Crippen molar-refractivity contribution in [1.29, 1.82) is 0 Å². The number of hydrogen-bond donors (Lipinski definition) is 3. The van der Waals surface area contributed by atoms with Gasteiger partial charge in [-0.2, -0.15) is 0 Å². The molecule has 1 aliphatic heterocycles. The molecule has 110 valence electrons. The van der Waals surface area contributed by atoms with E-state index in [4.69, 9.17) is 10.9 Å². The molecule has 1 aliphatic rings. The molecule has 1 aromatic heterocycles. The van der Waals surface area contributed by atoms with E-state index in [-0.39, 0.29) is 23.3 Å².